The number of sulfonamides is 1. The lowest BCUT2D eigenvalue weighted by Crippen LogP contribution is -2.60. The summed E-state index contributed by atoms with van der Waals surface area (Å²) >= 11 is 0. The van der Waals surface area contributed by atoms with Crippen molar-refractivity contribution in [3.63, 3.8) is 0 Å². The van der Waals surface area contributed by atoms with Crippen molar-refractivity contribution in [2.75, 3.05) is 26.9 Å². The molecule has 3 N–H and O–H groups in total. The van der Waals surface area contributed by atoms with E-state index in [-0.39, 0.29) is 43.0 Å². The number of hydrogen-bond donors (Lipinski definition) is 3. The third-order valence-electron chi connectivity index (χ3n) is 12.1. The van der Waals surface area contributed by atoms with Crippen molar-refractivity contribution < 1.29 is 68.5 Å². The molecule has 1 saturated heterocycles. The average Bonchev–Trinajstić information content (AvgIpc) is 4.07. The second kappa shape index (κ2) is 18.0. The van der Waals surface area contributed by atoms with Crippen molar-refractivity contribution in [3.05, 3.63) is 36.0 Å². The summed E-state index contributed by atoms with van der Waals surface area (Å²) in [6.45, 7) is 6.53. The van der Waals surface area contributed by atoms with Gasteiger partial charge in [0.05, 0.1) is 35.5 Å². The first kappa shape index (κ1) is 47.6. The Hall–Kier alpha value is -4.86. The summed E-state index contributed by atoms with van der Waals surface area (Å²) in [6, 6.07) is 0.870. The van der Waals surface area contributed by atoms with Gasteiger partial charge in [0.15, 0.2) is 5.60 Å². The Kier molecular flexibility index (Phi) is 13.6. The Bertz CT molecular complexity index is 2220. The third kappa shape index (κ3) is 10.4. The van der Waals surface area contributed by atoms with Gasteiger partial charge in [0.2, 0.25) is 33.4 Å². The van der Waals surface area contributed by atoms with Crippen LogP contribution in [0.1, 0.15) is 85.3 Å². The molecule has 348 valence electrons. The maximum Gasteiger partial charge on any atom is 0.438 e. The monoisotopic (exact) mass is 916 g/mol. The van der Waals surface area contributed by atoms with Gasteiger partial charge in [-0.05, 0) is 84.3 Å². The van der Waals surface area contributed by atoms with Crippen molar-refractivity contribution in [2.45, 2.75) is 126 Å². The molecule has 16 nitrogen and oxygen atoms in total. The molecule has 4 aliphatic rings. The van der Waals surface area contributed by atoms with Crippen LogP contribution in [0.2, 0.25) is 0 Å². The summed E-state index contributed by atoms with van der Waals surface area (Å²) in [5, 5.41) is 5.08. The Labute approximate surface area is 361 Å². The number of carbonyl (C=O) groups excluding carboxylic acids is 4. The topological polar surface area (TPSA) is 204 Å². The standard InChI is InChI=1S/C41H53F5N6O10S/c1-7-60-25-12-13-27-28(17-25)48-33(31(47-27)41(44,45)46)61-26-18-29-32(53)50-40(36(55)51-63(57,58)39(5)14-15-39)19-24(40)11-9-8-10-22(2)16-23(21-59-6)30(34(54)52(29)20-26)49-37(56)62-38(3,4)35(42)43/h9,11-13,17,22-24,26,29-30,35H,7-8,10,14-16,18-21H2,1-6H3,(H,49,56)(H,50,53)(H,51,55). The zero-order valence-electron chi connectivity index (χ0n) is 35.7. The van der Waals surface area contributed by atoms with Gasteiger partial charge in [0.25, 0.3) is 12.3 Å². The SMILES string of the molecule is CCOc1ccc2nc(C(F)(F)F)c(OC3CC4C(=O)NC5(C(=O)NS(=O)(=O)C6(C)CC6)CC5C=CCCC(C)CC(COC)C(NC(=O)OC(C)(C)C(F)F)C(=O)N4C3)nc2c1. The molecule has 22 heteroatoms. The van der Waals surface area contributed by atoms with Crippen LogP contribution in [0.15, 0.2) is 30.4 Å². The van der Waals surface area contributed by atoms with Crippen LogP contribution in [0.4, 0.5) is 26.7 Å². The minimum Gasteiger partial charge on any atom is -0.494 e. The molecule has 2 aliphatic heterocycles. The molecule has 1 aromatic carbocycles. The number of fused-ring (bicyclic) bond motifs is 3. The number of nitrogens with one attached hydrogen (secondary N) is 3. The lowest BCUT2D eigenvalue weighted by molar-refractivity contribution is -0.143. The number of alkyl halides is 5. The van der Waals surface area contributed by atoms with Gasteiger partial charge in [-0.25, -0.2) is 32.0 Å². The fourth-order valence-corrected chi connectivity index (χ4v) is 9.24. The molecular weight excluding hydrogens is 864 g/mol. The molecule has 2 aromatic rings. The number of halogens is 5. The quantitative estimate of drug-likeness (QED) is 0.189. The zero-order chi connectivity index (χ0) is 46.3. The number of rotatable bonds is 12. The lowest BCUT2D eigenvalue weighted by Gasteiger charge is -2.34. The molecular formula is C41H53F5N6O10S. The summed E-state index contributed by atoms with van der Waals surface area (Å²) in [5.41, 5.74) is -5.73. The molecule has 0 bridgehead atoms. The number of alkyl carbamates (subject to hydrolysis) is 1. The summed E-state index contributed by atoms with van der Waals surface area (Å²) in [7, 11) is -2.83. The number of ether oxygens (including phenoxy) is 4. The number of methoxy groups -OCH3 is 1. The van der Waals surface area contributed by atoms with E-state index in [1.807, 2.05) is 6.92 Å². The van der Waals surface area contributed by atoms with Crippen LogP contribution in [0.3, 0.4) is 0 Å². The van der Waals surface area contributed by atoms with Crippen molar-refractivity contribution in [2.24, 2.45) is 17.8 Å². The maximum absolute atomic E-state index is 15.0. The van der Waals surface area contributed by atoms with Crippen LogP contribution in [0, 0.1) is 17.8 Å². The minimum atomic E-state index is -5.08. The maximum atomic E-state index is 15.0. The van der Waals surface area contributed by atoms with E-state index in [0.717, 1.165) is 18.7 Å². The molecule has 2 aliphatic carbocycles. The first-order valence-corrected chi connectivity index (χ1v) is 22.2. The number of hydrogen-bond acceptors (Lipinski definition) is 12. The van der Waals surface area contributed by atoms with Gasteiger partial charge in [0, 0.05) is 31.4 Å². The van der Waals surface area contributed by atoms with Crippen LogP contribution in [-0.4, -0.2) is 114 Å². The van der Waals surface area contributed by atoms with E-state index in [1.165, 1.54) is 32.2 Å². The highest BCUT2D eigenvalue weighted by Crippen LogP contribution is 2.48. The van der Waals surface area contributed by atoms with Gasteiger partial charge in [-0.2, -0.15) is 13.2 Å². The number of nitrogens with zero attached hydrogens (tertiary/aromatic N) is 3. The van der Waals surface area contributed by atoms with E-state index in [2.05, 4.69) is 25.3 Å². The van der Waals surface area contributed by atoms with Crippen LogP contribution in [0.5, 0.6) is 11.6 Å². The van der Waals surface area contributed by atoms with Gasteiger partial charge >= 0.3 is 12.3 Å². The number of allylic oxidation sites excluding steroid dienone is 1. The van der Waals surface area contributed by atoms with E-state index in [9.17, 15) is 49.5 Å². The van der Waals surface area contributed by atoms with Crippen molar-refractivity contribution >= 4 is 44.9 Å². The molecule has 3 fully saturated rings. The second-order valence-corrected chi connectivity index (χ2v) is 19.8. The molecule has 0 radical (unpaired) electrons. The van der Waals surface area contributed by atoms with Crippen molar-refractivity contribution in [1.82, 2.24) is 30.2 Å². The van der Waals surface area contributed by atoms with Gasteiger partial charge < -0.3 is 34.5 Å². The highest BCUT2D eigenvalue weighted by molar-refractivity contribution is 7.91. The Balaban J connectivity index is 1.41. The van der Waals surface area contributed by atoms with Gasteiger partial charge in [-0.1, -0.05) is 19.1 Å². The molecule has 1 aromatic heterocycles. The predicted molar refractivity (Wildman–Crippen MR) is 215 cm³/mol. The second-order valence-electron chi connectivity index (χ2n) is 17.6. The summed E-state index contributed by atoms with van der Waals surface area (Å²) in [4.78, 5) is 65.7. The highest BCUT2D eigenvalue weighted by atomic mass is 32.2. The van der Waals surface area contributed by atoms with Gasteiger partial charge in [0.1, 0.15) is 29.5 Å². The lowest BCUT2D eigenvalue weighted by atomic mass is 9.87. The molecule has 6 rings (SSSR count). The molecule has 7 unspecified atom stereocenters. The summed E-state index contributed by atoms with van der Waals surface area (Å²) in [6.07, 6.45) is -6.16. The average molecular weight is 917 g/mol. The highest BCUT2D eigenvalue weighted by Gasteiger charge is 2.63. The van der Waals surface area contributed by atoms with E-state index in [4.69, 9.17) is 18.9 Å². The zero-order valence-corrected chi connectivity index (χ0v) is 36.5. The minimum absolute atomic E-state index is 0.0132. The van der Waals surface area contributed by atoms with Crippen LogP contribution >= 0.6 is 0 Å². The van der Waals surface area contributed by atoms with E-state index < -0.39 is 117 Å². The molecule has 63 heavy (non-hydrogen) atoms. The number of benzene rings is 1. The first-order chi connectivity index (χ1) is 29.4. The van der Waals surface area contributed by atoms with Gasteiger partial charge in [-0.15, -0.1) is 0 Å². The smallest absolute Gasteiger partial charge is 0.438 e. The fraction of sp³-hybridized carbons (Fsp3) is 0.659. The molecule has 2 saturated carbocycles. The number of carbonyl (C=O) groups is 4. The van der Waals surface area contributed by atoms with Gasteiger partial charge in [-0.3, -0.25) is 19.1 Å². The fourth-order valence-electron chi connectivity index (χ4n) is 7.93. The Morgan fingerprint density at radius 1 is 1.10 bits per heavy atom. The van der Waals surface area contributed by atoms with Crippen LogP contribution in [-0.2, 0) is 40.1 Å². The number of aromatic nitrogens is 2. The van der Waals surface area contributed by atoms with E-state index in [0.29, 0.717) is 31.4 Å². The molecule has 7 atom stereocenters. The van der Waals surface area contributed by atoms with Crippen molar-refractivity contribution in [1.29, 1.82) is 0 Å². The molecule has 4 amide bonds. The van der Waals surface area contributed by atoms with Crippen molar-refractivity contribution in [3.8, 4) is 11.6 Å². The van der Waals surface area contributed by atoms with E-state index >= 15 is 0 Å². The van der Waals surface area contributed by atoms with E-state index in [1.54, 1.807) is 19.1 Å². The van der Waals surface area contributed by atoms with Crippen LogP contribution in [0.25, 0.3) is 11.0 Å². The Morgan fingerprint density at radius 2 is 1.81 bits per heavy atom. The predicted octanol–water partition coefficient (Wildman–Crippen LogP) is 5.05. The summed E-state index contributed by atoms with van der Waals surface area (Å²) < 4.78 is 121. The number of amides is 4. The first-order valence-electron chi connectivity index (χ1n) is 20.7. The molecule has 3 heterocycles. The molecule has 0 spiro atoms. The Morgan fingerprint density at radius 3 is 2.44 bits per heavy atom. The third-order valence-corrected chi connectivity index (χ3v) is 14.2. The summed E-state index contributed by atoms with van der Waals surface area (Å²) in [5.74, 6) is -5.33. The van der Waals surface area contributed by atoms with Crippen LogP contribution < -0.4 is 24.8 Å². The largest absolute Gasteiger partial charge is 0.494 e. The normalized spacial score (nSPS) is 27.7.